The number of Topliss-reactive ketones (excluding diaryl/α,β-unsaturated/α-hetero) is 1. The van der Waals surface area contributed by atoms with Crippen molar-refractivity contribution in [3.8, 4) is 0 Å². The van der Waals surface area contributed by atoms with Gasteiger partial charge in [0.05, 0.1) is 0 Å². The van der Waals surface area contributed by atoms with Gasteiger partial charge in [0.25, 0.3) is 5.56 Å². The van der Waals surface area contributed by atoms with Crippen LogP contribution in [-0.2, 0) is 25.3 Å². The van der Waals surface area contributed by atoms with E-state index in [9.17, 15) is 14.4 Å². The minimum Gasteiger partial charge on any atom is -0.325 e. The Morgan fingerprint density at radius 3 is 2.45 bits per heavy atom. The number of rotatable bonds is 7. The summed E-state index contributed by atoms with van der Waals surface area (Å²) in [4.78, 5) is 41.1. The molecule has 22 heavy (non-hydrogen) atoms. The van der Waals surface area contributed by atoms with Crippen molar-refractivity contribution in [2.75, 3.05) is 0 Å². The van der Waals surface area contributed by atoms with Gasteiger partial charge in [-0.1, -0.05) is 12.8 Å². The first-order valence-electron chi connectivity index (χ1n) is 7.56. The van der Waals surface area contributed by atoms with E-state index in [4.69, 9.17) is 0 Å². The molecule has 120 valence electrons. The third-order valence-corrected chi connectivity index (χ3v) is 3.91. The number of imidazole rings is 1. The van der Waals surface area contributed by atoms with E-state index in [1.807, 2.05) is 0 Å². The molecule has 7 nitrogen and oxygen atoms in total. The van der Waals surface area contributed by atoms with Crippen LogP contribution in [0.1, 0.15) is 44.9 Å². The molecule has 0 aromatic carbocycles. The molecule has 0 aliphatic carbocycles. The van der Waals surface area contributed by atoms with Crippen LogP contribution in [0.4, 0.5) is 0 Å². The smallest absolute Gasteiger partial charge is 0.325 e. The van der Waals surface area contributed by atoms with Crippen molar-refractivity contribution in [2.24, 2.45) is 14.1 Å². The number of carbonyl (C=O) groups is 1. The molecule has 0 saturated carbocycles. The molecule has 0 fully saturated rings. The van der Waals surface area contributed by atoms with Crippen molar-refractivity contribution in [2.45, 2.75) is 45.4 Å². The zero-order valence-corrected chi connectivity index (χ0v) is 13.3. The number of H-pyrrole nitrogens is 1. The van der Waals surface area contributed by atoms with Crippen LogP contribution in [0, 0.1) is 0 Å². The van der Waals surface area contributed by atoms with Crippen molar-refractivity contribution in [1.29, 1.82) is 0 Å². The number of nitrogens with one attached hydrogen (secondary N) is 1. The van der Waals surface area contributed by atoms with Gasteiger partial charge in [0.1, 0.15) is 11.6 Å². The van der Waals surface area contributed by atoms with Crippen LogP contribution in [0.2, 0.25) is 0 Å². The standard InChI is InChI=1S/C15H22N4O3/c1-10(20)8-6-4-5-7-9-11-16-13-12(18(11)2)14(21)17-15(22)19(13)3/h4-9H2,1-3H3,(H,17,21,22). The third kappa shape index (κ3) is 3.35. The second-order valence-electron chi connectivity index (χ2n) is 5.69. The molecule has 1 N–H and O–H groups in total. The van der Waals surface area contributed by atoms with Gasteiger partial charge < -0.3 is 9.36 Å². The Balaban J connectivity index is 2.07. The normalized spacial score (nSPS) is 11.2. The lowest BCUT2D eigenvalue weighted by Gasteiger charge is -2.02. The molecule has 0 unspecified atom stereocenters. The maximum Gasteiger partial charge on any atom is 0.329 e. The summed E-state index contributed by atoms with van der Waals surface area (Å²) in [7, 11) is 3.39. The molecule has 2 aromatic heterocycles. The number of aromatic nitrogens is 4. The largest absolute Gasteiger partial charge is 0.329 e. The summed E-state index contributed by atoms with van der Waals surface area (Å²) in [5.41, 5.74) is -0.0105. The van der Waals surface area contributed by atoms with E-state index in [1.165, 1.54) is 4.57 Å². The van der Waals surface area contributed by atoms with E-state index in [-0.39, 0.29) is 5.78 Å². The Labute approximate surface area is 128 Å². The number of unbranched alkanes of at least 4 members (excludes halogenated alkanes) is 3. The summed E-state index contributed by atoms with van der Waals surface area (Å²) in [5, 5.41) is 0. The molecule has 2 aromatic rings. The molecule has 0 radical (unpaired) electrons. The van der Waals surface area contributed by atoms with Gasteiger partial charge in [-0.2, -0.15) is 0 Å². The SMILES string of the molecule is CC(=O)CCCCCCc1nc2c(c(=O)[nH]c(=O)n2C)n1C. The van der Waals surface area contributed by atoms with Crippen LogP contribution in [0.25, 0.3) is 11.2 Å². The van der Waals surface area contributed by atoms with Crippen LogP contribution >= 0.6 is 0 Å². The number of aromatic amines is 1. The highest BCUT2D eigenvalue weighted by Crippen LogP contribution is 2.12. The number of hydrogen-bond acceptors (Lipinski definition) is 4. The Hall–Kier alpha value is -2.18. The fourth-order valence-electron chi connectivity index (χ4n) is 2.59. The highest BCUT2D eigenvalue weighted by atomic mass is 16.2. The van der Waals surface area contributed by atoms with Crippen LogP contribution in [0.5, 0.6) is 0 Å². The summed E-state index contributed by atoms with van der Waals surface area (Å²) < 4.78 is 3.11. The van der Waals surface area contributed by atoms with E-state index in [0.717, 1.165) is 37.9 Å². The van der Waals surface area contributed by atoms with E-state index in [2.05, 4.69) is 9.97 Å². The summed E-state index contributed by atoms with van der Waals surface area (Å²) in [6.45, 7) is 1.61. The van der Waals surface area contributed by atoms with E-state index in [0.29, 0.717) is 17.6 Å². The Morgan fingerprint density at radius 1 is 1.09 bits per heavy atom. The zero-order chi connectivity index (χ0) is 16.3. The highest BCUT2D eigenvalue weighted by molar-refractivity contribution is 5.75. The quantitative estimate of drug-likeness (QED) is 0.774. The number of aryl methyl sites for hydroxylation is 3. The molecule has 7 heteroatoms. The molecule has 2 heterocycles. The van der Waals surface area contributed by atoms with Gasteiger partial charge in [-0.15, -0.1) is 0 Å². The molecule has 2 rings (SSSR count). The molecular weight excluding hydrogens is 284 g/mol. The van der Waals surface area contributed by atoms with Crippen molar-refractivity contribution in [3.63, 3.8) is 0 Å². The molecule has 0 saturated heterocycles. The fraction of sp³-hybridized carbons (Fsp3) is 0.600. The first-order valence-corrected chi connectivity index (χ1v) is 7.56. The Kier molecular flexibility index (Phi) is 4.95. The lowest BCUT2D eigenvalue weighted by molar-refractivity contribution is -0.117. The molecule has 0 aliphatic heterocycles. The zero-order valence-electron chi connectivity index (χ0n) is 13.3. The lowest BCUT2D eigenvalue weighted by Crippen LogP contribution is -2.29. The predicted octanol–water partition coefficient (Wildman–Crippen LogP) is 1.04. The van der Waals surface area contributed by atoms with Crippen LogP contribution < -0.4 is 11.2 Å². The summed E-state index contributed by atoms with van der Waals surface area (Å²) in [5.74, 6) is 1.03. The maximum atomic E-state index is 11.9. The lowest BCUT2D eigenvalue weighted by atomic mass is 10.1. The summed E-state index contributed by atoms with van der Waals surface area (Å²) in [6, 6.07) is 0. The number of hydrogen-bond donors (Lipinski definition) is 1. The van der Waals surface area contributed by atoms with Crippen molar-refractivity contribution < 1.29 is 4.79 Å². The fourth-order valence-corrected chi connectivity index (χ4v) is 2.59. The van der Waals surface area contributed by atoms with Gasteiger partial charge in [-0.25, -0.2) is 9.78 Å². The van der Waals surface area contributed by atoms with Crippen molar-refractivity contribution in [1.82, 2.24) is 19.1 Å². The maximum absolute atomic E-state index is 11.9. The molecule has 0 spiro atoms. The highest BCUT2D eigenvalue weighted by Gasteiger charge is 2.14. The molecule has 0 bridgehead atoms. The number of carbonyl (C=O) groups excluding carboxylic acids is 1. The second kappa shape index (κ2) is 6.72. The summed E-state index contributed by atoms with van der Waals surface area (Å²) in [6.07, 6.45) is 5.30. The van der Waals surface area contributed by atoms with Gasteiger partial charge in [0, 0.05) is 26.9 Å². The molecule has 0 amide bonds. The van der Waals surface area contributed by atoms with Crippen LogP contribution in [0.3, 0.4) is 0 Å². The van der Waals surface area contributed by atoms with Crippen molar-refractivity contribution >= 4 is 16.9 Å². The number of fused-ring (bicyclic) bond motifs is 1. The average molecular weight is 306 g/mol. The monoisotopic (exact) mass is 306 g/mol. The number of nitrogens with zero attached hydrogens (tertiary/aromatic N) is 3. The number of ketones is 1. The van der Waals surface area contributed by atoms with Crippen molar-refractivity contribution in [3.05, 3.63) is 26.7 Å². The van der Waals surface area contributed by atoms with E-state index in [1.54, 1.807) is 25.6 Å². The van der Waals surface area contributed by atoms with Gasteiger partial charge in [0.2, 0.25) is 0 Å². The predicted molar refractivity (Wildman–Crippen MR) is 84.0 cm³/mol. The Morgan fingerprint density at radius 2 is 1.77 bits per heavy atom. The third-order valence-electron chi connectivity index (χ3n) is 3.91. The first kappa shape index (κ1) is 16.2. The molecule has 0 aliphatic rings. The van der Waals surface area contributed by atoms with Gasteiger partial charge >= 0.3 is 5.69 Å². The van der Waals surface area contributed by atoms with Gasteiger partial charge in [0.15, 0.2) is 11.2 Å². The average Bonchev–Trinajstić information content (AvgIpc) is 2.78. The molecule has 0 atom stereocenters. The summed E-state index contributed by atoms with van der Waals surface area (Å²) >= 11 is 0. The first-order chi connectivity index (χ1) is 10.4. The van der Waals surface area contributed by atoms with Gasteiger partial charge in [-0.3, -0.25) is 14.3 Å². The minimum absolute atomic E-state index is 0.232. The van der Waals surface area contributed by atoms with Gasteiger partial charge in [-0.05, 0) is 19.8 Å². The Bertz CT molecular complexity index is 797. The van der Waals surface area contributed by atoms with E-state index < -0.39 is 11.2 Å². The second-order valence-corrected chi connectivity index (χ2v) is 5.69. The molecular formula is C15H22N4O3. The topological polar surface area (TPSA) is 89.8 Å². The van der Waals surface area contributed by atoms with Crippen LogP contribution in [-0.4, -0.2) is 24.9 Å². The minimum atomic E-state index is -0.452. The van der Waals surface area contributed by atoms with E-state index >= 15 is 0 Å². The van der Waals surface area contributed by atoms with Crippen LogP contribution in [0.15, 0.2) is 9.59 Å².